The lowest BCUT2D eigenvalue weighted by Crippen LogP contribution is -2.30. The van der Waals surface area contributed by atoms with Gasteiger partial charge in [-0.2, -0.15) is 0 Å². The van der Waals surface area contributed by atoms with E-state index in [9.17, 15) is 10.2 Å². The maximum atomic E-state index is 9.65. The molecule has 4 heteroatoms. The van der Waals surface area contributed by atoms with Crippen LogP contribution in [-0.2, 0) is 6.42 Å². The fourth-order valence-corrected chi connectivity index (χ4v) is 2.43. The Balaban J connectivity index is 2.09. The molecule has 0 unspecified atom stereocenters. The highest BCUT2D eigenvalue weighted by molar-refractivity contribution is 5.49. The van der Waals surface area contributed by atoms with Gasteiger partial charge < -0.3 is 15.5 Å². The fourth-order valence-electron chi connectivity index (χ4n) is 2.43. The lowest BCUT2D eigenvalue weighted by Gasteiger charge is -2.27. The third-order valence-corrected chi connectivity index (χ3v) is 3.31. The second-order valence-electron chi connectivity index (χ2n) is 4.46. The van der Waals surface area contributed by atoms with Gasteiger partial charge in [-0.1, -0.05) is 6.07 Å². The van der Waals surface area contributed by atoms with Crippen molar-refractivity contribution in [3.8, 4) is 11.5 Å². The van der Waals surface area contributed by atoms with Crippen molar-refractivity contribution >= 4 is 0 Å². The Morgan fingerprint density at radius 3 is 2.83 bits per heavy atom. The number of hydrogen-bond donors (Lipinski definition) is 3. The van der Waals surface area contributed by atoms with Crippen molar-refractivity contribution in [1.29, 1.82) is 0 Å². The molecule has 0 saturated heterocycles. The quantitative estimate of drug-likeness (QED) is 0.666. The Kier molecular flexibility index (Phi) is 2.64. The molecule has 1 aliphatic rings. The number of hydrogen-bond acceptors (Lipinski definition) is 4. The van der Waals surface area contributed by atoms with Gasteiger partial charge in [0.2, 0.25) is 0 Å². The van der Waals surface area contributed by atoms with E-state index < -0.39 is 0 Å². The van der Waals surface area contributed by atoms with Crippen molar-refractivity contribution in [3.63, 3.8) is 0 Å². The first-order chi connectivity index (χ1) is 8.75. The number of aromatic hydroxyl groups is 2. The molecule has 1 aromatic heterocycles. The molecule has 3 rings (SSSR count). The summed E-state index contributed by atoms with van der Waals surface area (Å²) in [6.45, 7) is 0.844. The van der Waals surface area contributed by atoms with E-state index in [2.05, 4.69) is 10.3 Å². The van der Waals surface area contributed by atoms with Crippen LogP contribution in [0, 0.1) is 0 Å². The summed E-state index contributed by atoms with van der Waals surface area (Å²) in [5.74, 6) is -0.132. The van der Waals surface area contributed by atoms with E-state index in [1.165, 1.54) is 0 Å². The fraction of sp³-hybridized carbons (Fsp3) is 0.214. The first-order valence-corrected chi connectivity index (χ1v) is 5.94. The molecule has 0 saturated carbocycles. The lowest BCUT2D eigenvalue weighted by molar-refractivity contribution is 0.400. The summed E-state index contributed by atoms with van der Waals surface area (Å²) in [6, 6.07) is 7.20. The number of fused-ring (bicyclic) bond motifs is 1. The van der Waals surface area contributed by atoms with Crippen LogP contribution < -0.4 is 5.32 Å². The average Bonchev–Trinajstić information content (AvgIpc) is 2.40. The summed E-state index contributed by atoms with van der Waals surface area (Å²) in [5, 5.41) is 22.6. The second-order valence-corrected chi connectivity index (χ2v) is 4.46. The minimum Gasteiger partial charge on any atom is -0.504 e. The number of phenolic OH excluding ortho intramolecular Hbond substituents is 2. The summed E-state index contributed by atoms with van der Waals surface area (Å²) in [4.78, 5) is 4.12. The number of phenols is 2. The van der Waals surface area contributed by atoms with E-state index in [-0.39, 0.29) is 17.5 Å². The number of pyridine rings is 1. The first kappa shape index (κ1) is 11.0. The molecule has 1 aromatic carbocycles. The highest BCUT2D eigenvalue weighted by Crippen LogP contribution is 2.35. The zero-order chi connectivity index (χ0) is 12.5. The molecular formula is C14H14N2O2. The topological polar surface area (TPSA) is 65.4 Å². The van der Waals surface area contributed by atoms with Crippen LogP contribution in [-0.4, -0.2) is 21.7 Å². The van der Waals surface area contributed by atoms with Gasteiger partial charge >= 0.3 is 0 Å². The van der Waals surface area contributed by atoms with Crippen molar-refractivity contribution in [2.75, 3.05) is 6.54 Å². The van der Waals surface area contributed by atoms with Crippen molar-refractivity contribution < 1.29 is 10.2 Å². The van der Waals surface area contributed by atoms with E-state index in [0.717, 1.165) is 29.7 Å². The molecule has 0 radical (unpaired) electrons. The van der Waals surface area contributed by atoms with E-state index in [1.807, 2.05) is 18.3 Å². The van der Waals surface area contributed by atoms with Gasteiger partial charge in [0.15, 0.2) is 11.5 Å². The zero-order valence-corrected chi connectivity index (χ0v) is 9.80. The van der Waals surface area contributed by atoms with Crippen LogP contribution in [0.3, 0.4) is 0 Å². The molecule has 2 aromatic rings. The largest absolute Gasteiger partial charge is 0.504 e. The summed E-state index contributed by atoms with van der Waals surface area (Å²) in [6.07, 6.45) is 4.40. The Bertz CT molecular complexity index is 570. The third-order valence-electron chi connectivity index (χ3n) is 3.31. The minimum atomic E-state index is -0.0775. The molecule has 1 aliphatic heterocycles. The number of nitrogens with one attached hydrogen (secondary N) is 1. The van der Waals surface area contributed by atoms with E-state index in [1.54, 1.807) is 18.3 Å². The third kappa shape index (κ3) is 1.80. The molecule has 92 valence electrons. The Labute approximate surface area is 105 Å². The Hall–Kier alpha value is -2.07. The van der Waals surface area contributed by atoms with Crippen LogP contribution in [0.25, 0.3) is 0 Å². The van der Waals surface area contributed by atoms with Crippen molar-refractivity contribution in [2.45, 2.75) is 12.5 Å². The minimum absolute atomic E-state index is 0.0222. The molecule has 18 heavy (non-hydrogen) atoms. The molecule has 0 aliphatic carbocycles. The number of aromatic nitrogens is 1. The van der Waals surface area contributed by atoms with Gasteiger partial charge in [0.05, 0.1) is 6.04 Å². The zero-order valence-electron chi connectivity index (χ0n) is 9.80. The number of nitrogens with zero attached hydrogens (tertiary/aromatic N) is 1. The van der Waals surface area contributed by atoms with E-state index in [4.69, 9.17) is 0 Å². The molecule has 4 nitrogen and oxygen atoms in total. The Morgan fingerprint density at radius 1 is 1.22 bits per heavy atom. The van der Waals surface area contributed by atoms with Gasteiger partial charge in [-0.15, -0.1) is 0 Å². The molecule has 0 amide bonds. The van der Waals surface area contributed by atoms with E-state index >= 15 is 0 Å². The molecule has 1 atom stereocenters. The predicted molar refractivity (Wildman–Crippen MR) is 67.6 cm³/mol. The van der Waals surface area contributed by atoms with Crippen molar-refractivity contribution in [3.05, 3.63) is 53.3 Å². The normalized spacial score (nSPS) is 18.3. The molecule has 3 N–H and O–H groups in total. The van der Waals surface area contributed by atoms with Crippen LogP contribution in [0.5, 0.6) is 11.5 Å². The molecule has 0 bridgehead atoms. The van der Waals surface area contributed by atoms with Crippen molar-refractivity contribution in [1.82, 2.24) is 10.3 Å². The average molecular weight is 242 g/mol. The summed E-state index contributed by atoms with van der Waals surface area (Å²) in [5.41, 5.74) is 3.13. The van der Waals surface area contributed by atoms with Crippen LogP contribution in [0.2, 0.25) is 0 Å². The second kappa shape index (κ2) is 4.31. The predicted octanol–water partition coefficient (Wildman–Crippen LogP) is 1.73. The molecule has 2 heterocycles. The summed E-state index contributed by atoms with van der Waals surface area (Å²) >= 11 is 0. The maximum absolute atomic E-state index is 9.65. The standard InChI is InChI=1S/C14H14N2O2/c17-12-6-9-3-5-16-14(11(9)7-13(12)18)10-2-1-4-15-8-10/h1-2,4,6-8,14,16-18H,3,5H2/t14-/m0/s1. The van der Waals surface area contributed by atoms with Crippen LogP contribution in [0.15, 0.2) is 36.7 Å². The number of rotatable bonds is 1. The van der Waals surface area contributed by atoms with Crippen LogP contribution in [0.1, 0.15) is 22.7 Å². The first-order valence-electron chi connectivity index (χ1n) is 5.94. The molecular weight excluding hydrogens is 228 g/mol. The molecule has 0 spiro atoms. The van der Waals surface area contributed by atoms with Gasteiger partial charge in [-0.25, -0.2) is 0 Å². The Morgan fingerprint density at radius 2 is 2.06 bits per heavy atom. The monoisotopic (exact) mass is 242 g/mol. The van der Waals surface area contributed by atoms with Gasteiger partial charge in [0.25, 0.3) is 0 Å². The maximum Gasteiger partial charge on any atom is 0.157 e. The summed E-state index contributed by atoms with van der Waals surface area (Å²) < 4.78 is 0. The van der Waals surface area contributed by atoms with Crippen LogP contribution in [0.4, 0.5) is 0 Å². The van der Waals surface area contributed by atoms with Gasteiger partial charge in [-0.05, 0) is 41.3 Å². The van der Waals surface area contributed by atoms with Gasteiger partial charge in [0.1, 0.15) is 0 Å². The number of benzene rings is 1. The lowest BCUT2D eigenvalue weighted by atomic mass is 9.90. The molecule has 0 fully saturated rings. The van der Waals surface area contributed by atoms with Crippen molar-refractivity contribution in [2.24, 2.45) is 0 Å². The highest BCUT2D eigenvalue weighted by atomic mass is 16.3. The highest BCUT2D eigenvalue weighted by Gasteiger charge is 2.23. The van der Waals surface area contributed by atoms with Crippen LogP contribution >= 0.6 is 0 Å². The van der Waals surface area contributed by atoms with Gasteiger partial charge in [-0.3, -0.25) is 4.98 Å². The SMILES string of the molecule is Oc1cc2c(cc1O)[C@H](c1cccnc1)NCC2. The van der Waals surface area contributed by atoms with E-state index in [0.29, 0.717) is 0 Å². The smallest absolute Gasteiger partial charge is 0.157 e. The van der Waals surface area contributed by atoms with Gasteiger partial charge in [0, 0.05) is 18.9 Å². The summed E-state index contributed by atoms with van der Waals surface area (Å²) in [7, 11) is 0.